The molecule has 0 bridgehead atoms. The van der Waals surface area contributed by atoms with Gasteiger partial charge in [0.25, 0.3) is 0 Å². The van der Waals surface area contributed by atoms with Crippen LogP contribution in [0, 0.1) is 0 Å². The molecule has 0 spiro atoms. The minimum absolute atomic E-state index is 0.369. The van der Waals surface area contributed by atoms with Crippen LogP contribution < -0.4 is 24.7 Å². The Morgan fingerprint density at radius 2 is 1.46 bits per heavy atom. The lowest BCUT2D eigenvalue weighted by Gasteiger charge is -2.16. The Labute approximate surface area is 165 Å². The molecular formula is C22H27NO5. The summed E-state index contributed by atoms with van der Waals surface area (Å²) in [5.74, 6) is 1.58. The number of nitrogens with two attached hydrogens (primary N) is 1. The van der Waals surface area contributed by atoms with E-state index < -0.39 is 5.92 Å². The van der Waals surface area contributed by atoms with Crippen molar-refractivity contribution >= 4 is 18.1 Å². The molecule has 0 radical (unpaired) electrons. The first-order valence-corrected chi connectivity index (χ1v) is 8.94. The molecule has 0 saturated heterocycles. The largest absolute Gasteiger partial charge is 0.496 e. The van der Waals surface area contributed by atoms with Gasteiger partial charge in [0.1, 0.15) is 5.75 Å². The summed E-state index contributed by atoms with van der Waals surface area (Å²) in [5, 5.41) is 0. The SMILES string of the molecule is CCC(C(N)=O)c1cc(/C=C\c2cc(OC)c(OC)c(OC)c2)ccc1OC. The summed E-state index contributed by atoms with van der Waals surface area (Å²) in [6.45, 7) is 1.92. The van der Waals surface area contributed by atoms with Gasteiger partial charge in [-0.1, -0.05) is 25.1 Å². The number of rotatable bonds is 9. The average molecular weight is 385 g/mol. The van der Waals surface area contributed by atoms with E-state index in [4.69, 9.17) is 24.7 Å². The smallest absolute Gasteiger partial charge is 0.225 e. The summed E-state index contributed by atoms with van der Waals surface area (Å²) in [4.78, 5) is 11.8. The number of benzene rings is 2. The van der Waals surface area contributed by atoms with Crippen molar-refractivity contribution in [1.82, 2.24) is 0 Å². The highest BCUT2D eigenvalue weighted by molar-refractivity contribution is 5.83. The third kappa shape index (κ3) is 4.57. The third-order valence-corrected chi connectivity index (χ3v) is 4.54. The lowest BCUT2D eigenvalue weighted by molar-refractivity contribution is -0.119. The van der Waals surface area contributed by atoms with Crippen LogP contribution in [0.15, 0.2) is 30.3 Å². The Morgan fingerprint density at radius 1 is 0.893 bits per heavy atom. The predicted molar refractivity (Wildman–Crippen MR) is 110 cm³/mol. The van der Waals surface area contributed by atoms with Crippen molar-refractivity contribution in [3.05, 3.63) is 47.0 Å². The number of methoxy groups -OCH3 is 4. The van der Waals surface area contributed by atoms with Crippen LogP contribution in [0.3, 0.4) is 0 Å². The van der Waals surface area contributed by atoms with Crippen molar-refractivity contribution in [3.63, 3.8) is 0 Å². The maximum Gasteiger partial charge on any atom is 0.225 e. The molecule has 1 amide bonds. The maximum absolute atomic E-state index is 11.8. The minimum Gasteiger partial charge on any atom is -0.496 e. The zero-order valence-electron chi connectivity index (χ0n) is 16.9. The highest BCUT2D eigenvalue weighted by Crippen LogP contribution is 2.38. The highest BCUT2D eigenvalue weighted by atomic mass is 16.5. The van der Waals surface area contributed by atoms with Gasteiger partial charge >= 0.3 is 0 Å². The second-order valence-corrected chi connectivity index (χ2v) is 6.16. The summed E-state index contributed by atoms with van der Waals surface area (Å²) in [6.07, 6.45) is 4.48. The summed E-state index contributed by atoms with van der Waals surface area (Å²) in [5.41, 5.74) is 8.14. The molecule has 2 aromatic rings. The Bertz CT molecular complexity index is 835. The van der Waals surface area contributed by atoms with Crippen LogP contribution in [-0.4, -0.2) is 34.3 Å². The Morgan fingerprint density at radius 3 is 1.93 bits per heavy atom. The van der Waals surface area contributed by atoms with Crippen LogP contribution in [0.2, 0.25) is 0 Å². The molecule has 28 heavy (non-hydrogen) atoms. The lowest BCUT2D eigenvalue weighted by atomic mass is 9.93. The van der Waals surface area contributed by atoms with E-state index >= 15 is 0 Å². The number of carbonyl (C=O) groups is 1. The van der Waals surface area contributed by atoms with Crippen LogP contribution in [0.4, 0.5) is 0 Å². The molecule has 6 nitrogen and oxygen atoms in total. The van der Waals surface area contributed by atoms with E-state index in [1.807, 2.05) is 49.4 Å². The molecule has 150 valence electrons. The van der Waals surface area contributed by atoms with Gasteiger partial charge in [-0.2, -0.15) is 0 Å². The molecule has 1 atom stereocenters. The van der Waals surface area contributed by atoms with Gasteiger partial charge < -0.3 is 24.7 Å². The summed E-state index contributed by atoms with van der Waals surface area (Å²) < 4.78 is 21.5. The summed E-state index contributed by atoms with van der Waals surface area (Å²) in [7, 11) is 6.31. The molecule has 6 heteroatoms. The molecule has 2 rings (SSSR count). The molecule has 0 aliphatic carbocycles. The fourth-order valence-electron chi connectivity index (χ4n) is 3.09. The molecule has 0 fully saturated rings. The van der Waals surface area contributed by atoms with Gasteiger partial charge in [-0.25, -0.2) is 0 Å². The number of amides is 1. The summed E-state index contributed by atoms with van der Waals surface area (Å²) >= 11 is 0. The van der Waals surface area contributed by atoms with Crippen molar-refractivity contribution in [2.75, 3.05) is 28.4 Å². The van der Waals surface area contributed by atoms with E-state index in [0.717, 1.165) is 16.7 Å². The second kappa shape index (κ2) is 9.69. The van der Waals surface area contributed by atoms with E-state index in [1.54, 1.807) is 28.4 Å². The zero-order chi connectivity index (χ0) is 20.7. The number of primary amides is 1. The highest BCUT2D eigenvalue weighted by Gasteiger charge is 2.20. The second-order valence-electron chi connectivity index (χ2n) is 6.16. The van der Waals surface area contributed by atoms with Crippen molar-refractivity contribution in [3.8, 4) is 23.0 Å². The molecule has 2 aromatic carbocycles. The lowest BCUT2D eigenvalue weighted by Crippen LogP contribution is -2.21. The Kier molecular flexibility index (Phi) is 7.32. The van der Waals surface area contributed by atoms with E-state index in [-0.39, 0.29) is 5.91 Å². The molecule has 2 N–H and O–H groups in total. The summed E-state index contributed by atoms with van der Waals surface area (Å²) in [6, 6.07) is 9.41. The van der Waals surface area contributed by atoms with E-state index in [1.165, 1.54) is 0 Å². The molecular weight excluding hydrogens is 358 g/mol. The molecule has 0 aliphatic heterocycles. The Hall–Kier alpha value is -3.15. The first-order chi connectivity index (χ1) is 13.5. The van der Waals surface area contributed by atoms with Crippen LogP contribution in [0.1, 0.15) is 36.0 Å². The first-order valence-electron chi connectivity index (χ1n) is 8.94. The number of hydrogen-bond donors (Lipinski definition) is 1. The fourth-order valence-corrected chi connectivity index (χ4v) is 3.09. The van der Waals surface area contributed by atoms with E-state index in [0.29, 0.717) is 29.4 Å². The number of carbonyl (C=O) groups excluding carboxylic acids is 1. The van der Waals surface area contributed by atoms with Crippen molar-refractivity contribution in [2.24, 2.45) is 5.73 Å². The van der Waals surface area contributed by atoms with Gasteiger partial charge in [0.2, 0.25) is 11.7 Å². The van der Waals surface area contributed by atoms with Gasteiger partial charge in [-0.3, -0.25) is 4.79 Å². The van der Waals surface area contributed by atoms with E-state index in [9.17, 15) is 4.79 Å². The molecule has 0 aromatic heterocycles. The van der Waals surface area contributed by atoms with Crippen LogP contribution in [-0.2, 0) is 4.79 Å². The van der Waals surface area contributed by atoms with Crippen molar-refractivity contribution in [2.45, 2.75) is 19.3 Å². The van der Waals surface area contributed by atoms with Gasteiger partial charge in [-0.05, 0) is 41.8 Å². The molecule has 0 saturated carbocycles. The van der Waals surface area contributed by atoms with E-state index in [2.05, 4.69) is 0 Å². The fraction of sp³-hybridized carbons (Fsp3) is 0.318. The monoisotopic (exact) mass is 385 g/mol. The van der Waals surface area contributed by atoms with Crippen LogP contribution in [0.25, 0.3) is 12.2 Å². The van der Waals surface area contributed by atoms with Gasteiger partial charge in [0.05, 0.1) is 34.4 Å². The number of ether oxygens (including phenoxy) is 4. The van der Waals surface area contributed by atoms with Gasteiger partial charge in [0.15, 0.2) is 11.5 Å². The number of hydrogen-bond acceptors (Lipinski definition) is 5. The van der Waals surface area contributed by atoms with Crippen LogP contribution in [0.5, 0.6) is 23.0 Å². The molecule has 0 aliphatic rings. The molecule has 1 unspecified atom stereocenters. The average Bonchev–Trinajstić information content (AvgIpc) is 2.71. The maximum atomic E-state index is 11.8. The third-order valence-electron chi connectivity index (χ3n) is 4.54. The quantitative estimate of drug-likeness (QED) is 0.663. The van der Waals surface area contributed by atoms with Crippen molar-refractivity contribution < 1.29 is 23.7 Å². The van der Waals surface area contributed by atoms with Gasteiger partial charge in [-0.15, -0.1) is 0 Å². The minimum atomic E-state index is -0.399. The Balaban J connectivity index is 2.43. The normalized spacial score (nSPS) is 11.9. The predicted octanol–water partition coefficient (Wildman–Crippen LogP) is 3.87. The topological polar surface area (TPSA) is 80.0 Å². The molecule has 0 heterocycles. The first kappa shape index (κ1) is 21.2. The van der Waals surface area contributed by atoms with Crippen LogP contribution >= 0.6 is 0 Å². The van der Waals surface area contributed by atoms with Gasteiger partial charge in [0, 0.05) is 5.56 Å². The van der Waals surface area contributed by atoms with Crippen molar-refractivity contribution in [1.29, 1.82) is 0 Å². The standard InChI is InChI=1S/C22H27NO5/c1-6-16(22(23)24)17-11-14(9-10-18(17)25-2)7-8-15-12-19(26-3)21(28-5)20(13-15)27-4/h7-13,16H,6H2,1-5H3,(H2,23,24)/b8-7-. The zero-order valence-corrected chi connectivity index (χ0v) is 16.9.